The predicted octanol–water partition coefficient (Wildman–Crippen LogP) is 2.35. The molecule has 0 radical (unpaired) electrons. The van der Waals surface area contributed by atoms with Crippen LogP contribution in [-0.4, -0.2) is 23.3 Å². The van der Waals surface area contributed by atoms with Crippen molar-refractivity contribution in [2.24, 2.45) is 0 Å². The van der Waals surface area contributed by atoms with Gasteiger partial charge in [-0.05, 0) is 26.0 Å². The molecule has 0 fully saturated rings. The lowest BCUT2D eigenvalue weighted by Gasteiger charge is -2.07. The van der Waals surface area contributed by atoms with Crippen LogP contribution in [0.4, 0.5) is 0 Å². The third-order valence-electron chi connectivity index (χ3n) is 2.71. The molecule has 0 atom stereocenters. The molecule has 0 bridgehead atoms. The topological polar surface area (TPSA) is 68.3 Å². The van der Waals surface area contributed by atoms with Crippen molar-refractivity contribution < 1.29 is 14.3 Å². The molecular formula is C15H16N2O3S. The van der Waals surface area contributed by atoms with Gasteiger partial charge in [0.1, 0.15) is 10.8 Å². The Balaban J connectivity index is 1.81. The number of amides is 1. The van der Waals surface area contributed by atoms with Crippen LogP contribution in [0.5, 0.6) is 5.75 Å². The summed E-state index contributed by atoms with van der Waals surface area (Å²) in [5.74, 6) is 0.239. The molecule has 2 rings (SSSR count). The first kappa shape index (κ1) is 15.2. The van der Waals surface area contributed by atoms with Crippen LogP contribution in [0.25, 0.3) is 0 Å². The number of Topliss-reactive ketones (excluding diaryl/α,β-unsaturated/α-hetero) is 1. The van der Waals surface area contributed by atoms with E-state index in [1.165, 1.54) is 18.3 Å². The van der Waals surface area contributed by atoms with Crippen LogP contribution < -0.4 is 10.1 Å². The van der Waals surface area contributed by atoms with E-state index in [1.807, 2.05) is 12.3 Å². The van der Waals surface area contributed by atoms with E-state index >= 15 is 0 Å². The van der Waals surface area contributed by atoms with Crippen LogP contribution in [-0.2, 0) is 11.3 Å². The van der Waals surface area contributed by atoms with Crippen molar-refractivity contribution in [3.63, 3.8) is 0 Å². The van der Waals surface area contributed by atoms with Gasteiger partial charge in [-0.25, -0.2) is 4.98 Å². The molecule has 6 heteroatoms. The number of rotatable bonds is 6. The smallest absolute Gasteiger partial charge is 0.258 e. The fraction of sp³-hybridized carbons (Fsp3) is 0.267. The van der Waals surface area contributed by atoms with Gasteiger partial charge in [-0.1, -0.05) is 12.1 Å². The van der Waals surface area contributed by atoms with E-state index in [4.69, 9.17) is 4.74 Å². The van der Waals surface area contributed by atoms with E-state index in [0.29, 0.717) is 17.9 Å². The summed E-state index contributed by atoms with van der Waals surface area (Å²) in [4.78, 5) is 27.2. The molecule has 110 valence electrons. The Hall–Kier alpha value is -2.21. The number of nitrogens with zero attached hydrogens (tertiary/aromatic N) is 1. The lowest BCUT2D eigenvalue weighted by atomic mass is 10.1. The Morgan fingerprint density at radius 1 is 1.38 bits per heavy atom. The summed E-state index contributed by atoms with van der Waals surface area (Å²) in [5, 5.41) is 5.53. The van der Waals surface area contributed by atoms with Crippen molar-refractivity contribution in [3.8, 4) is 5.75 Å². The largest absolute Gasteiger partial charge is 0.484 e. The number of hydrogen-bond donors (Lipinski definition) is 1. The van der Waals surface area contributed by atoms with Crippen LogP contribution in [0.3, 0.4) is 0 Å². The second-order valence-electron chi connectivity index (χ2n) is 4.53. The number of ketones is 1. The van der Waals surface area contributed by atoms with E-state index in [0.717, 1.165) is 10.7 Å². The van der Waals surface area contributed by atoms with Gasteiger partial charge in [0.15, 0.2) is 12.4 Å². The maximum atomic E-state index is 11.7. The third-order valence-corrected chi connectivity index (χ3v) is 3.68. The molecule has 0 aliphatic carbocycles. The number of carbonyl (C=O) groups is 2. The molecule has 1 amide bonds. The molecule has 1 aromatic heterocycles. The molecule has 1 N–H and O–H groups in total. The Morgan fingerprint density at radius 2 is 2.19 bits per heavy atom. The van der Waals surface area contributed by atoms with E-state index in [9.17, 15) is 9.59 Å². The highest BCUT2D eigenvalue weighted by Crippen LogP contribution is 2.13. The van der Waals surface area contributed by atoms with Crippen molar-refractivity contribution in [3.05, 3.63) is 45.9 Å². The number of aromatic nitrogens is 1. The van der Waals surface area contributed by atoms with Gasteiger partial charge in [0, 0.05) is 16.6 Å². The van der Waals surface area contributed by atoms with Gasteiger partial charge in [-0.2, -0.15) is 0 Å². The van der Waals surface area contributed by atoms with Crippen LogP contribution in [0.1, 0.15) is 28.0 Å². The zero-order valence-electron chi connectivity index (χ0n) is 11.9. The third kappa shape index (κ3) is 4.68. The number of carbonyl (C=O) groups excluding carboxylic acids is 2. The first-order valence-corrected chi connectivity index (χ1v) is 7.34. The summed E-state index contributed by atoms with van der Waals surface area (Å²) >= 11 is 1.51. The molecular weight excluding hydrogens is 288 g/mol. The van der Waals surface area contributed by atoms with Crippen molar-refractivity contribution in [1.82, 2.24) is 10.3 Å². The number of hydrogen-bond acceptors (Lipinski definition) is 5. The average Bonchev–Trinajstić information content (AvgIpc) is 2.89. The van der Waals surface area contributed by atoms with Crippen molar-refractivity contribution in [2.45, 2.75) is 20.4 Å². The van der Waals surface area contributed by atoms with Crippen LogP contribution in [0.15, 0.2) is 29.6 Å². The summed E-state index contributed by atoms with van der Waals surface area (Å²) in [6.45, 7) is 3.70. The van der Waals surface area contributed by atoms with Gasteiger partial charge in [0.2, 0.25) is 0 Å². The van der Waals surface area contributed by atoms with Crippen LogP contribution in [0, 0.1) is 6.92 Å². The van der Waals surface area contributed by atoms with Crippen molar-refractivity contribution in [2.75, 3.05) is 6.61 Å². The van der Waals surface area contributed by atoms with Crippen LogP contribution >= 0.6 is 11.3 Å². The molecule has 1 aromatic carbocycles. The van der Waals surface area contributed by atoms with E-state index < -0.39 is 0 Å². The number of thiazole rings is 1. The zero-order valence-corrected chi connectivity index (χ0v) is 12.7. The normalized spacial score (nSPS) is 10.2. The lowest BCUT2D eigenvalue weighted by Crippen LogP contribution is -2.28. The average molecular weight is 304 g/mol. The zero-order chi connectivity index (χ0) is 15.2. The van der Waals surface area contributed by atoms with Crippen LogP contribution in [0.2, 0.25) is 0 Å². The molecule has 0 aliphatic rings. The molecule has 0 saturated heterocycles. The molecule has 5 nitrogen and oxygen atoms in total. The van der Waals surface area contributed by atoms with Gasteiger partial charge in [-0.15, -0.1) is 11.3 Å². The number of benzene rings is 1. The molecule has 1 heterocycles. The minimum absolute atomic E-state index is 0.0379. The van der Waals surface area contributed by atoms with Gasteiger partial charge in [0.05, 0.1) is 6.54 Å². The summed E-state index contributed by atoms with van der Waals surface area (Å²) in [5.41, 5.74) is 1.51. The van der Waals surface area contributed by atoms with Gasteiger partial charge >= 0.3 is 0 Å². The summed E-state index contributed by atoms with van der Waals surface area (Å²) < 4.78 is 5.37. The second-order valence-corrected chi connectivity index (χ2v) is 5.47. The Kier molecular flexibility index (Phi) is 5.05. The quantitative estimate of drug-likeness (QED) is 0.832. The maximum absolute atomic E-state index is 11.7. The summed E-state index contributed by atoms with van der Waals surface area (Å²) in [6, 6.07) is 6.77. The highest BCUT2D eigenvalue weighted by molar-refractivity contribution is 7.09. The fourth-order valence-electron chi connectivity index (χ4n) is 1.66. The highest BCUT2D eigenvalue weighted by Gasteiger charge is 2.06. The second kappa shape index (κ2) is 6.99. The number of aryl methyl sites for hydroxylation is 1. The standard InChI is InChI=1S/C15H16N2O3S/c1-10-9-21-15(17-10)7-16-14(19)8-20-13-5-3-4-12(6-13)11(2)18/h3-6,9H,7-8H2,1-2H3,(H,16,19). The molecule has 0 aliphatic heterocycles. The molecule has 21 heavy (non-hydrogen) atoms. The maximum Gasteiger partial charge on any atom is 0.258 e. The molecule has 0 spiro atoms. The summed E-state index contributed by atoms with van der Waals surface area (Å²) in [7, 11) is 0. The SMILES string of the molecule is CC(=O)c1cccc(OCC(=O)NCc2nc(C)cs2)c1. The molecule has 2 aromatic rings. The molecule has 0 saturated carbocycles. The minimum atomic E-state index is -0.226. The number of ether oxygens (including phenoxy) is 1. The fourth-order valence-corrected chi connectivity index (χ4v) is 2.37. The van der Waals surface area contributed by atoms with E-state index in [-0.39, 0.29) is 18.3 Å². The Bertz CT molecular complexity index is 652. The Labute approximate surface area is 127 Å². The Morgan fingerprint density at radius 3 is 2.86 bits per heavy atom. The van der Waals surface area contributed by atoms with E-state index in [1.54, 1.807) is 24.3 Å². The highest BCUT2D eigenvalue weighted by atomic mass is 32.1. The summed E-state index contributed by atoms with van der Waals surface area (Å²) in [6.07, 6.45) is 0. The lowest BCUT2D eigenvalue weighted by molar-refractivity contribution is -0.123. The predicted molar refractivity (Wildman–Crippen MR) is 80.6 cm³/mol. The molecule has 0 unspecified atom stereocenters. The first-order valence-electron chi connectivity index (χ1n) is 6.46. The minimum Gasteiger partial charge on any atom is -0.484 e. The van der Waals surface area contributed by atoms with E-state index in [2.05, 4.69) is 10.3 Å². The van der Waals surface area contributed by atoms with Crippen molar-refractivity contribution in [1.29, 1.82) is 0 Å². The number of nitrogens with one attached hydrogen (secondary N) is 1. The first-order chi connectivity index (χ1) is 10.0. The van der Waals surface area contributed by atoms with Crippen molar-refractivity contribution >= 4 is 23.0 Å². The monoisotopic (exact) mass is 304 g/mol. The van der Waals surface area contributed by atoms with Gasteiger partial charge in [0.25, 0.3) is 5.91 Å². The van der Waals surface area contributed by atoms with Gasteiger partial charge in [-0.3, -0.25) is 9.59 Å². The van der Waals surface area contributed by atoms with Gasteiger partial charge < -0.3 is 10.1 Å².